The van der Waals surface area contributed by atoms with E-state index in [1.807, 2.05) is 13.8 Å². The third-order valence-corrected chi connectivity index (χ3v) is 2.37. The van der Waals surface area contributed by atoms with Gasteiger partial charge in [-0.05, 0) is 20.3 Å². The molecule has 0 amide bonds. The van der Waals surface area contributed by atoms with Crippen LogP contribution in [0.5, 0.6) is 0 Å². The molecule has 7 heteroatoms. The van der Waals surface area contributed by atoms with Crippen molar-refractivity contribution in [1.82, 2.24) is 19.9 Å². The molecule has 18 heavy (non-hydrogen) atoms. The highest BCUT2D eigenvalue weighted by molar-refractivity contribution is 5.83. The molecular weight excluding hydrogens is 232 g/mol. The number of hydrogen-bond acceptors (Lipinski definition) is 6. The van der Waals surface area contributed by atoms with Crippen molar-refractivity contribution in [3.05, 3.63) is 6.33 Å². The van der Waals surface area contributed by atoms with Crippen molar-refractivity contribution in [2.75, 3.05) is 24.2 Å². The Morgan fingerprint density at radius 1 is 1.44 bits per heavy atom. The van der Waals surface area contributed by atoms with Crippen LogP contribution in [0.25, 0.3) is 11.2 Å². The van der Waals surface area contributed by atoms with Gasteiger partial charge in [0.15, 0.2) is 11.5 Å². The van der Waals surface area contributed by atoms with Gasteiger partial charge in [-0.25, -0.2) is 4.98 Å². The average molecular weight is 250 g/mol. The van der Waals surface area contributed by atoms with Gasteiger partial charge >= 0.3 is 0 Å². The highest BCUT2D eigenvalue weighted by Gasteiger charge is 2.07. The molecule has 0 aliphatic heterocycles. The van der Waals surface area contributed by atoms with Gasteiger partial charge in [0.05, 0.1) is 12.4 Å². The van der Waals surface area contributed by atoms with Crippen molar-refractivity contribution in [1.29, 1.82) is 0 Å². The molecule has 0 bridgehead atoms. The molecule has 0 saturated carbocycles. The number of ether oxygens (including phenoxy) is 1. The summed E-state index contributed by atoms with van der Waals surface area (Å²) in [5.41, 5.74) is 6.96. The molecule has 0 spiro atoms. The molecule has 0 atom stereocenters. The Hall–Kier alpha value is -1.89. The summed E-state index contributed by atoms with van der Waals surface area (Å²) in [7, 11) is 0. The number of aromatic amines is 1. The Kier molecular flexibility index (Phi) is 3.93. The first-order valence-corrected chi connectivity index (χ1v) is 5.99. The summed E-state index contributed by atoms with van der Waals surface area (Å²) >= 11 is 0. The number of nitrogen functional groups attached to an aromatic ring is 1. The molecule has 2 rings (SSSR count). The molecule has 2 aromatic rings. The van der Waals surface area contributed by atoms with E-state index in [1.54, 1.807) is 6.33 Å². The molecule has 0 aromatic carbocycles. The predicted molar refractivity (Wildman–Crippen MR) is 70.3 cm³/mol. The van der Waals surface area contributed by atoms with Crippen LogP contribution in [0.4, 0.5) is 11.8 Å². The van der Waals surface area contributed by atoms with Crippen LogP contribution in [-0.2, 0) is 4.74 Å². The maximum Gasteiger partial charge on any atom is 0.224 e. The predicted octanol–water partition coefficient (Wildman–Crippen LogP) is 1.16. The Labute approximate surface area is 105 Å². The summed E-state index contributed by atoms with van der Waals surface area (Å²) < 4.78 is 5.46. The first-order valence-electron chi connectivity index (χ1n) is 5.99. The summed E-state index contributed by atoms with van der Waals surface area (Å²) in [5, 5.41) is 3.21. The smallest absolute Gasteiger partial charge is 0.224 e. The van der Waals surface area contributed by atoms with Crippen molar-refractivity contribution in [2.45, 2.75) is 26.4 Å². The lowest BCUT2D eigenvalue weighted by atomic mass is 10.4. The van der Waals surface area contributed by atoms with Crippen molar-refractivity contribution >= 4 is 22.9 Å². The summed E-state index contributed by atoms with van der Waals surface area (Å²) in [6, 6.07) is 0. The van der Waals surface area contributed by atoms with E-state index in [0.717, 1.165) is 25.1 Å². The SMILES string of the molecule is CC(C)OCCCNc1nc(N)nc2nc[nH]c12. The Morgan fingerprint density at radius 3 is 3.06 bits per heavy atom. The summed E-state index contributed by atoms with van der Waals surface area (Å²) in [6.45, 7) is 5.52. The van der Waals surface area contributed by atoms with E-state index in [0.29, 0.717) is 11.5 Å². The third kappa shape index (κ3) is 3.07. The number of rotatable bonds is 6. The van der Waals surface area contributed by atoms with Gasteiger partial charge in [0, 0.05) is 13.2 Å². The molecule has 0 fully saturated rings. The number of hydrogen-bond donors (Lipinski definition) is 3. The molecule has 7 nitrogen and oxygen atoms in total. The lowest BCUT2D eigenvalue weighted by Crippen LogP contribution is -2.11. The van der Waals surface area contributed by atoms with Crippen LogP contribution in [0.2, 0.25) is 0 Å². The molecule has 98 valence electrons. The van der Waals surface area contributed by atoms with Crippen molar-refractivity contribution in [3.8, 4) is 0 Å². The first-order chi connectivity index (χ1) is 8.66. The number of H-pyrrole nitrogens is 1. The number of nitrogens with zero attached hydrogens (tertiary/aromatic N) is 3. The summed E-state index contributed by atoms with van der Waals surface area (Å²) in [5.74, 6) is 0.898. The molecular formula is C11H18N6O. The lowest BCUT2D eigenvalue weighted by molar-refractivity contribution is 0.0787. The Morgan fingerprint density at radius 2 is 2.28 bits per heavy atom. The van der Waals surface area contributed by atoms with Gasteiger partial charge in [0.1, 0.15) is 5.52 Å². The molecule has 2 aromatic heterocycles. The van der Waals surface area contributed by atoms with Crippen LogP contribution < -0.4 is 11.1 Å². The molecule has 4 N–H and O–H groups in total. The summed E-state index contributed by atoms with van der Waals surface area (Å²) in [6.07, 6.45) is 2.74. The van der Waals surface area contributed by atoms with Gasteiger partial charge < -0.3 is 20.8 Å². The minimum atomic E-state index is 0.218. The first kappa shape index (κ1) is 12.6. The third-order valence-electron chi connectivity index (χ3n) is 2.37. The molecule has 0 unspecified atom stereocenters. The van der Waals surface area contributed by atoms with E-state index in [4.69, 9.17) is 10.5 Å². The monoisotopic (exact) mass is 250 g/mol. The molecule has 0 radical (unpaired) electrons. The Bertz CT molecular complexity index is 509. The maximum atomic E-state index is 5.61. The fourth-order valence-corrected chi connectivity index (χ4v) is 1.58. The highest BCUT2D eigenvalue weighted by Crippen LogP contribution is 2.16. The second kappa shape index (κ2) is 5.63. The number of anilines is 2. The molecule has 0 aliphatic carbocycles. The number of nitrogens with one attached hydrogen (secondary N) is 2. The van der Waals surface area contributed by atoms with Gasteiger partial charge in [-0.2, -0.15) is 9.97 Å². The molecule has 2 heterocycles. The topological polar surface area (TPSA) is 102 Å². The highest BCUT2D eigenvalue weighted by atomic mass is 16.5. The van der Waals surface area contributed by atoms with E-state index in [2.05, 4.69) is 25.3 Å². The molecule has 0 aliphatic rings. The number of nitrogens with two attached hydrogens (primary N) is 1. The number of fused-ring (bicyclic) bond motifs is 1. The fraction of sp³-hybridized carbons (Fsp3) is 0.545. The summed E-state index contributed by atoms with van der Waals surface area (Å²) in [4.78, 5) is 15.2. The zero-order valence-electron chi connectivity index (χ0n) is 10.6. The van der Waals surface area contributed by atoms with Crippen molar-refractivity contribution in [2.24, 2.45) is 0 Å². The van der Waals surface area contributed by atoms with Gasteiger partial charge in [-0.1, -0.05) is 0 Å². The standard InChI is InChI=1S/C11H18N6O/c1-7(2)18-5-3-4-13-9-8-10(15-6-14-8)17-11(12)16-9/h6-7H,3-5H2,1-2H3,(H4,12,13,14,15,16,17). The lowest BCUT2D eigenvalue weighted by Gasteiger charge is -2.09. The van der Waals surface area contributed by atoms with Gasteiger partial charge in [-0.15, -0.1) is 0 Å². The second-order valence-corrected chi connectivity index (χ2v) is 4.23. The van der Waals surface area contributed by atoms with E-state index in [9.17, 15) is 0 Å². The fourth-order valence-electron chi connectivity index (χ4n) is 1.58. The van der Waals surface area contributed by atoms with E-state index >= 15 is 0 Å². The minimum absolute atomic E-state index is 0.218. The minimum Gasteiger partial charge on any atom is -0.379 e. The van der Waals surface area contributed by atoms with Crippen molar-refractivity contribution in [3.63, 3.8) is 0 Å². The Balaban J connectivity index is 1.93. The average Bonchev–Trinajstić information content (AvgIpc) is 2.75. The quantitative estimate of drug-likeness (QED) is 0.665. The normalized spacial score (nSPS) is 11.3. The van der Waals surface area contributed by atoms with Crippen LogP contribution in [0.15, 0.2) is 6.33 Å². The molecule has 0 saturated heterocycles. The van der Waals surface area contributed by atoms with Gasteiger partial charge in [0.25, 0.3) is 0 Å². The van der Waals surface area contributed by atoms with Crippen LogP contribution in [0.1, 0.15) is 20.3 Å². The van der Waals surface area contributed by atoms with Crippen LogP contribution in [0.3, 0.4) is 0 Å². The van der Waals surface area contributed by atoms with E-state index in [1.165, 1.54) is 0 Å². The zero-order chi connectivity index (χ0) is 13.0. The number of aromatic nitrogens is 4. The zero-order valence-corrected chi connectivity index (χ0v) is 10.6. The van der Waals surface area contributed by atoms with Crippen LogP contribution in [-0.4, -0.2) is 39.2 Å². The largest absolute Gasteiger partial charge is 0.379 e. The van der Waals surface area contributed by atoms with Crippen LogP contribution >= 0.6 is 0 Å². The maximum absolute atomic E-state index is 5.61. The van der Waals surface area contributed by atoms with E-state index < -0.39 is 0 Å². The van der Waals surface area contributed by atoms with Crippen LogP contribution in [0, 0.1) is 0 Å². The van der Waals surface area contributed by atoms with Gasteiger partial charge in [0.2, 0.25) is 5.95 Å². The number of imidazole rings is 1. The van der Waals surface area contributed by atoms with E-state index in [-0.39, 0.29) is 12.1 Å². The van der Waals surface area contributed by atoms with Gasteiger partial charge in [-0.3, -0.25) is 0 Å². The van der Waals surface area contributed by atoms with Crippen molar-refractivity contribution < 1.29 is 4.74 Å². The second-order valence-electron chi connectivity index (χ2n) is 4.23.